The quantitative estimate of drug-likeness (QED) is 0.729. The Kier molecular flexibility index (Phi) is 5.32. The molecule has 20 heavy (non-hydrogen) atoms. The van der Waals surface area contributed by atoms with Crippen LogP contribution in [0.2, 0.25) is 5.02 Å². The monoisotopic (exact) mass is 354 g/mol. The van der Waals surface area contributed by atoms with E-state index < -0.39 is 0 Å². The van der Waals surface area contributed by atoms with E-state index >= 15 is 0 Å². The molecule has 0 aliphatic heterocycles. The Labute approximate surface area is 132 Å². The van der Waals surface area contributed by atoms with Gasteiger partial charge in [0.25, 0.3) is 0 Å². The number of halogens is 2. The van der Waals surface area contributed by atoms with Crippen LogP contribution in [-0.2, 0) is 13.0 Å². The molecule has 0 aliphatic carbocycles. The molecule has 0 heterocycles. The Balaban J connectivity index is 2.14. The SMILES string of the molecule is CCc1ccc(OCc2ccc(Br)cc2Cl)c(OC)c1. The fourth-order valence-electron chi connectivity index (χ4n) is 1.85. The maximum atomic E-state index is 6.18. The highest BCUT2D eigenvalue weighted by Gasteiger charge is 2.07. The Morgan fingerprint density at radius 1 is 1.10 bits per heavy atom. The largest absolute Gasteiger partial charge is 0.493 e. The van der Waals surface area contributed by atoms with E-state index in [4.69, 9.17) is 21.1 Å². The van der Waals surface area contributed by atoms with Crippen LogP contribution in [0.1, 0.15) is 18.1 Å². The third-order valence-electron chi connectivity index (χ3n) is 3.03. The van der Waals surface area contributed by atoms with Crippen LogP contribution < -0.4 is 9.47 Å². The number of aryl methyl sites for hydroxylation is 1. The van der Waals surface area contributed by atoms with Crippen LogP contribution in [0.3, 0.4) is 0 Å². The second-order valence-corrected chi connectivity index (χ2v) is 5.69. The first-order valence-electron chi connectivity index (χ1n) is 6.37. The first kappa shape index (κ1) is 15.2. The van der Waals surface area contributed by atoms with Gasteiger partial charge >= 0.3 is 0 Å². The van der Waals surface area contributed by atoms with Gasteiger partial charge in [-0.15, -0.1) is 0 Å². The maximum absolute atomic E-state index is 6.18. The van der Waals surface area contributed by atoms with Crippen LogP contribution in [0.5, 0.6) is 11.5 Å². The van der Waals surface area contributed by atoms with E-state index in [1.807, 2.05) is 36.4 Å². The minimum Gasteiger partial charge on any atom is -0.493 e. The molecule has 0 fully saturated rings. The molecule has 0 saturated heterocycles. The molecule has 0 saturated carbocycles. The van der Waals surface area contributed by atoms with E-state index in [1.165, 1.54) is 5.56 Å². The molecule has 4 heteroatoms. The van der Waals surface area contributed by atoms with E-state index in [1.54, 1.807) is 7.11 Å². The van der Waals surface area contributed by atoms with E-state index in [9.17, 15) is 0 Å². The molecule has 0 amide bonds. The van der Waals surface area contributed by atoms with Crippen molar-refractivity contribution < 1.29 is 9.47 Å². The summed E-state index contributed by atoms with van der Waals surface area (Å²) < 4.78 is 12.1. The standard InChI is InChI=1S/C16H16BrClO2/c1-3-11-4-7-15(16(8-11)19-2)20-10-12-5-6-13(17)9-14(12)18/h4-9H,3,10H2,1-2H3. The fourth-order valence-corrected chi connectivity index (χ4v) is 2.57. The average molecular weight is 356 g/mol. The van der Waals surface area contributed by atoms with Gasteiger partial charge in [-0.25, -0.2) is 0 Å². The van der Waals surface area contributed by atoms with Crippen molar-refractivity contribution in [1.82, 2.24) is 0 Å². The molecule has 0 unspecified atom stereocenters. The summed E-state index contributed by atoms with van der Waals surface area (Å²) in [6, 6.07) is 11.7. The molecule has 0 bridgehead atoms. The van der Waals surface area contributed by atoms with E-state index in [0.717, 1.165) is 28.0 Å². The van der Waals surface area contributed by atoms with Gasteiger partial charge in [-0.1, -0.05) is 46.6 Å². The van der Waals surface area contributed by atoms with Crippen molar-refractivity contribution in [2.75, 3.05) is 7.11 Å². The van der Waals surface area contributed by atoms with Crippen LogP contribution in [0, 0.1) is 0 Å². The molecular formula is C16H16BrClO2. The van der Waals surface area contributed by atoms with Gasteiger partial charge < -0.3 is 9.47 Å². The highest BCUT2D eigenvalue weighted by Crippen LogP contribution is 2.30. The van der Waals surface area contributed by atoms with Crippen LogP contribution in [0.4, 0.5) is 0 Å². The molecule has 0 radical (unpaired) electrons. The normalized spacial score (nSPS) is 10.4. The maximum Gasteiger partial charge on any atom is 0.161 e. The third-order valence-corrected chi connectivity index (χ3v) is 3.88. The van der Waals surface area contributed by atoms with E-state index in [0.29, 0.717) is 11.6 Å². The molecular weight excluding hydrogens is 340 g/mol. The molecule has 2 aromatic carbocycles. The van der Waals surface area contributed by atoms with Gasteiger partial charge in [0.15, 0.2) is 11.5 Å². The van der Waals surface area contributed by atoms with Gasteiger partial charge in [0.2, 0.25) is 0 Å². The van der Waals surface area contributed by atoms with Gasteiger partial charge in [-0.3, -0.25) is 0 Å². The summed E-state index contributed by atoms with van der Waals surface area (Å²) >= 11 is 9.56. The zero-order chi connectivity index (χ0) is 14.5. The fraction of sp³-hybridized carbons (Fsp3) is 0.250. The number of methoxy groups -OCH3 is 1. The minimum absolute atomic E-state index is 0.411. The lowest BCUT2D eigenvalue weighted by Crippen LogP contribution is -1.99. The number of ether oxygens (including phenoxy) is 2. The first-order valence-corrected chi connectivity index (χ1v) is 7.54. The zero-order valence-corrected chi connectivity index (χ0v) is 13.8. The van der Waals surface area contributed by atoms with Crippen molar-refractivity contribution in [3.8, 4) is 11.5 Å². The Hall–Kier alpha value is -1.19. The van der Waals surface area contributed by atoms with Crippen LogP contribution >= 0.6 is 27.5 Å². The summed E-state index contributed by atoms with van der Waals surface area (Å²) in [4.78, 5) is 0. The molecule has 0 aromatic heterocycles. The van der Waals surface area contributed by atoms with Gasteiger partial charge in [-0.2, -0.15) is 0 Å². The second kappa shape index (κ2) is 7.00. The lowest BCUT2D eigenvalue weighted by Gasteiger charge is -2.12. The summed E-state index contributed by atoms with van der Waals surface area (Å²) in [7, 11) is 1.65. The minimum atomic E-state index is 0.411. The molecule has 0 atom stereocenters. The number of hydrogen-bond donors (Lipinski definition) is 0. The predicted octanol–water partition coefficient (Wildman–Crippen LogP) is 5.25. The highest BCUT2D eigenvalue weighted by molar-refractivity contribution is 9.10. The van der Waals surface area contributed by atoms with Crippen LogP contribution in [0.15, 0.2) is 40.9 Å². The molecule has 2 aromatic rings. The average Bonchev–Trinajstić information content (AvgIpc) is 2.46. The highest BCUT2D eigenvalue weighted by atomic mass is 79.9. The van der Waals surface area contributed by atoms with Crippen molar-refractivity contribution >= 4 is 27.5 Å². The lowest BCUT2D eigenvalue weighted by molar-refractivity contribution is 0.284. The molecule has 0 spiro atoms. The van der Waals surface area contributed by atoms with Crippen molar-refractivity contribution in [2.45, 2.75) is 20.0 Å². The van der Waals surface area contributed by atoms with Crippen molar-refractivity contribution in [2.24, 2.45) is 0 Å². The Morgan fingerprint density at radius 2 is 1.90 bits per heavy atom. The summed E-state index contributed by atoms with van der Waals surface area (Å²) in [6.07, 6.45) is 0.967. The van der Waals surface area contributed by atoms with Gasteiger partial charge in [0.1, 0.15) is 6.61 Å². The topological polar surface area (TPSA) is 18.5 Å². The first-order chi connectivity index (χ1) is 9.63. The number of hydrogen-bond acceptors (Lipinski definition) is 2. The van der Waals surface area contributed by atoms with Crippen LogP contribution in [-0.4, -0.2) is 7.11 Å². The molecule has 0 N–H and O–H groups in total. The van der Waals surface area contributed by atoms with E-state index in [-0.39, 0.29) is 0 Å². The second-order valence-electron chi connectivity index (χ2n) is 4.36. The number of benzene rings is 2. The van der Waals surface area contributed by atoms with Gasteiger partial charge in [0.05, 0.1) is 7.11 Å². The van der Waals surface area contributed by atoms with Crippen LogP contribution in [0.25, 0.3) is 0 Å². The summed E-state index contributed by atoms with van der Waals surface area (Å²) in [6.45, 7) is 2.52. The van der Waals surface area contributed by atoms with E-state index in [2.05, 4.69) is 22.9 Å². The predicted molar refractivity (Wildman–Crippen MR) is 85.9 cm³/mol. The lowest BCUT2D eigenvalue weighted by atomic mass is 10.1. The van der Waals surface area contributed by atoms with Crippen molar-refractivity contribution in [3.63, 3.8) is 0 Å². The number of rotatable bonds is 5. The zero-order valence-electron chi connectivity index (χ0n) is 11.5. The van der Waals surface area contributed by atoms with Gasteiger partial charge in [0, 0.05) is 15.1 Å². The van der Waals surface area contributed by atoms with Gasteiger partial charge in [-0.05, 0) is 36.2 Å². The van der Waals surface area contributed by atoms with Crippen molar-refractivity contribution in [1.29, 1.82) is 0 Å². The molecule has 2 rings (SSSR count). The van der Waals surface area contributed by atoms with Crippen molar-refractivity contribution in [3.05, 3.63) is 57.0 Å². The summed E-state index contributed by atoms with van der Waals surface area (Å²) in [5.74, 6) is 1.47. The molecule has 2 nitrogen and oxygen atoms in total. The molecule has 106 valence electrons. The molecule has 0 aliphatic rings. The smallest absolute Gasteiger partial charge is 0.161 e. The Morgan fingerprint density at radius 3 is 2.55 bits per heavy atom. The third kappa shape index (κ3) is 3.68. The Bertz CT molecular complexity index is 599. The summed E-state index contributed by atoms with van der Waals surface area (Å²) in [5.41, 5.74) is 2.16. The summed E-state index contributed by atoms with van der Waals surface area (Å²) in [5, 5.41) is 0.684.